The van der Waals surface area contributed by atoms with Gasteiger partial charge in [-0.15, -0.1) is 0 Å². The fourth-order valence-corrected chi connectivity index (χ4v) is 3.39. The fourth-order valence-electron chi connectivity index (χ4n) is 3.18. The molecule has 2 N–H and O–H groups in total. The Kier molecular flexibility index (Phi) is 4.43. The molecule has 0 aliphatic carbocycles. The predicted octanol–water partition coefficient (Wildman–Crippen LogP) is 4.62. The molecule has 0 radical (unpaired) electrons. The lowest BCUT2D eigenvalue weighted by atomic mass is 9.90. The zero-order valence-electron chi connectivity index (χ0n) is 13.7. The molecule has 0 fully saturated rings. The maximum atomic E-state index is 5.21. The van der Waals surface area contributed by atoms with Gasteiger partial charge < -0.3 is 5.32 Å². The van der Waals surface area contributed by atoms with E-state index < -0.39 is 0 Å². The van der Waals surface area contributed by atoms with Crippen molar-refractivity contribution in [3.8, 4) is 5.69 Å². The largest absolute Gasteiger partial charge is 0.355 e. The number of aromatic amines is 1. The van der Waals surface area contributed by atoms with E-state index in [1.807, 2.05) is 22.9 Å². The van der Waals surface area contributed by atoms with E-state index in [2.05, 4.69) is 56.9 Å². The van der Waals surface area contributed by atoms with E-state index >= 15 is 0 Å². The van der Waals surface area contributed by atoms with Crippen molar-refractivity contribution in [1.82, 2.24) is 14.8 Å². The number of hydrogen-bond donors (Lipinski definition) is 2. The number of para-hydroxylation sites is 1. The summed E-state index contributed by atoms with van der Waals surface area (Å²) in [5.74, 6) is 0.532. The molecule has 1 aliphatic rings. The van der Waals surface area contributed by atoms with Gasteiger partial charge in [-0.25, -0.2) is 0 Å². The molecule has 1 aromatic heterocycles. The van der Waals surface area contributed by atoms with E-state index in [0.29, 0.717) is 10.7 Å². The zero-order chi connectivity index (χ0) is 17.1. The summed E-state index contributed by atoms with van der Waals surface area (Å²) in [6.45, 7) is 0.916. The van der Waals surface area contributed by atoms with Crippen molar-refractivity contribution in [2.45, 2.75) is 18.8 Å². The van der Waals surface area contributed by atoms with E-state index in [9.17, 15) is 0 Å². The molecule has 0 amide bonds. The third-order valence-electron chi connectivity index (χ3n) is 4.50. The van der Waals surface area contributed by atoms with Crippen molar-refractivity contribution >= 4 is 29.8 Å². The SMILES string of the molecule is S=c1[nH]ncn1-c1ccc(Nc2ccccc2C2CC=NCC2)cc1. The van der Waals surface area contributed by atoms with Crippen molar-refractivity contribution in [1.29, 1.82) is 0 Å². The van der Waals surface area contributed by atoms with E-state index in [1.54, 1.807) is 6.33 Å². The first-order valence-electron chi connectivity index (χ1n) is 8.38. The predicted molar refractivity (Wildman–Crippen MR) is 104 cm³/mol. The number of H-pyrrole nitrogens is 1. The number of rotatable bonds is 4. The van der Waals surface area contributed by atoms with Gasteiger partial charge in [-0.2, -0.15) is 5.10 Å². The van der Waals surface area contributed by atoms with Gasteiger partial charge in [0.05, 0.1) is 0 Å². The molecule has 1 atom stereocenters. The minimum absolute atomic E-state index is 0.532. The fraction of sp³-hybridized carbons (Fsp3) is 0.211. The van der Waals surface area contributed by atoms with E-state index in [4.69, 9.17) is 12.2 Å². The molecular weight excluding hydrogens is 330 g/mol. The van der Waals surface area contributed by atoms with Gasteiger partial charge in [0.2, 0.25) is 0 Å². The molecule has 2 aromatic carbocycles. The molecule has 1 aliphatic heterocycles. The lowest BCUT2D eigenvalue weighted by Crippen LogP contribution is -2.09. The van der Waals surface area contributed by atoms with Crippen LogP contribution in [0.5, 0.6) is 0 Å². The molecule has 2 heterocycles. The summed E-state index contributed by atoms with van der Waals surface area (Å²) in [5, 5.41) is 10.3. The molecule has 6 heteroatoms. The van der Waals surface area contributed by atoms with Crippen LogP contribution in [0.2, 0.25) is 0 Å². The standard InChI is InChI=1S/C19H19N5S/c25-19-23-21-13-24(19)16-7-5-15(6-8-16)22-18-4-2-1-3-17(18)14-9-11-20-12-10-14/h1-8,11,13-14,22H,9-10,12H2,(H,23,25). The average molecular weight is 349 g/mol. The molecule has 0 spiro atoms. The van der Waals surface area contributed by atoms with Crippen LogP contribution in [-0.2, 0) is 0 Å². The van der Waals surface area contributed by atoms with Crippen molar-refractivity contribution in [2.24, 2.45) is 4.99 Å². The summed E-state index contributed by atoms with van der Waals surface area (Å²) in [6, 6.07) is 16.7. The highest BCUT2D eigenvalue weighted by Gasteiger charge is 2.16. The lowest BCUT2D eigenvalue weighted by Gasteiger charge is -2.21. The van der Waals surface area contributed by atoms with Crippen LogP contribution < -0.4 is 5.32 Å². The maximum absolute atomic E-state index is 5.21. The van der Waals surface area contributed by atoms with Gasteiger partial charge in [-0.3, -0.25) is 14.7 Å². The zero-order valence-corrected chi connectivity index (χ0v) is 14.5. The number of anilines is 2. The maximum Gasteiger partial charge on any atom is 0.199 e. The Morgan fingerprint density at radius 3 is 2.68 bits per heavy atom. The number of nitrogens with one attached hydrogen (secondary N) is 2. The van der Waals surface area contributed by atoms with Crippen LogP contribution in [-0.4, -0.2) is 27.5 Å². The first kappa shape index (κ1) is 15.8. The molecule has 0 saturated carbocycles. The Hall–Kier alpha value is -2.73. The van der Waals surface area contributed by atoms with Crippen molar-refractivity contribution in [2.75, 3.05) is 11.9 Å². The Morgan fingerprint density at radius 2 is 1.96 bits per heavy atom. The Bertz CT molecular complexity index is 939. The van der Waals surface area contributed by atoms with Crippen LogP contribution in [0.15, 0.2) is 59.9 Å². The molecule has 3 aromatic rings. The van der Waals surface area contributed by atoms with Crippen LogP contribution in [0, 0.1) is 4.77 Å². The number of aliphatic imine (C=N–C) groups is 1. The lowest BCUT2D eigenvalue weighted by molar-refractivity contribution is 0.639. The molecule has 4 rings (SSSR count). The van der Waals surface area contributed by atoms with Crippen LogP contribution in [0.1, 0.15) is 24.3 Å². The summed E-state index contributed by atoms with van der Waals surface area (Å²) in [6.07, 6.45) is 5.85. The monoisotopic (exact) mass is 349 g/mol. The number of hydrogen-bond acceptors (Lipinski definition) is 4. The van der Waals surface area contributed by atoms with E-state index in [0.717, 1.165) is 36.4 Å². The van der Waals surface area contributed by atoms with Gasteiger partial charge in [0.15, 0.2) is 4.77 Å². The van der Waals surface area contributed by atoms with Gasteiger partial charge in [0, 0.05) is 23.6 Å². The van der Waals surface area contributed by atoms with Crippen molar-refractivity contribution in [3.05, 3.63) is 65.2 Å². The average Bonchev–Trinajstić information content (AvgIpc) is 3.10. The topological polar surface area (TPSA) is 58.0 Å². The third kappa shape index (κ3) is 3.39. The summed E-state index contributed by atoms with van der Waals surface area (Å²) in [7, 11) is 0. The van der Waals surface area contributed by atoms with Crippen molar-refractivity contribution < 1.29 is 0 Å². The van der Waals surface area contributed by atoms with Crippen LogP contribution in [0.25, 0.3) is 5.69 Å². The summed E-state index contributed by atoms with van der Waals surface area (Å²) >= 11 is 5.21. The number of nitrogens with zero attached hydrogens (tertiary/aromatic N) is 3. The van der Waals surface area contributed by atoms with Crippen LogP contribution in [0.4, 0.5) is 11.4 Å². The second kappa shape index (κ2) is 7.03. The third-order valence-corrected chi connectivity index (χ3v) is 4.79. The highest BCUT2D eigenvalue weighted by molar-refractivity contribution is 7.71. The Labute approximate surface area is 151 Å². The van der Waals surface area contributed by atoms with Gasteiger partial charge in [0.25, 0.3) is 0 Å². The smallest absolute Gasteiger partial charge is 0.199 e. The van der Waals surface area contributed by atoms with Gasteiger partial charge in [-0.1, -0.05) is 18.2 Å². The minimum atomic E-state index is 0.532. The molecule has 0 bridgehead atoms. The molecule has 1 unspecified atom stereocenters. The first-order chi connectivity index (χ1) is 12.3. The van der Waals surface area contributed by atoms with Crippen molar-refractivity contribution in [3.63, 3.8) is 0 Å². The molecule has 126 valence electrons. The highest BCUT2D eigenvalue weighted by atomic mass is 32.1. The van der Waals surface area contributed by atoms with Crippen LogP contribution >= 0.6 is 12.2 Å². The summed E-state index contributed by atoms with van der Waals surface area (Å²) in [4.78, 5) is 4.34. The number of aromatic nitrogens is 3. The minimum Gasteiger partial charge on any atom is -0.355 e. The molecule has 5 nitrogen and oxygen atoms in total. The quantitative estimate of drug-likeness (QED) is 0.676. The normalized spacial score (nSPS) is 16.7. The second-order valence-electron chi connectivity index (χ2n) is 6.10. The molecule has 0 saturated heterocycles. The summed E-state index contributed by atoms with van der Waals surface area (Å²) in [5.41, 5.74) is 4.56. The molecule has 25 heavy (non-hydrogen) atoms. The van der Waals surface area contributed by atoms with E-state index in [1.165, 1.54) is 5.56 Å². The first-order valence-corrected chi connectivity index (χ1v) is 8.79. The van der Waals surface area contributed by atoms with Crippen LogP contribution in [0.3, 0.4) is 0 Å². The van der Waals surface area contributed by atoms with E-state index in [-0.39, 0.29) is 0 Å². The Morgan fingerprint density at radius 1 is 1.12 bits per heavy atom. The highest BCUT2D eigenvalue weighted by Crippen LogP contribution is 2.32. The summed E-state index contributed by atoms with van der Waals surface area (Å²) < 4.78 is 2.43. The molecular formula is C19H19N5S. The van der Waals surface area contributed by atoms with Gasteiger partial charge in [0.1, 0.15) is 6.33 Å². The van der Waals surface area contributed by atoms with Gasteiger partial charge in [-0.05, 0) is 73.1 Å². The Balaban J connectivity index is 1.57. The van der Waals surface area contributed by atoms with Gasteiger partial charge >= 0.3 is 0 Å². The second-order valence-corrected chi connectivity index (χ2v) is 6.49. The number of benzene rings is 2.